The molecule has 1 amide bonds. The topological polar surface area (TPSA) is 95.5 Å². The Labute approximate surface area is 191 Å². The number of nitrogens with zero attached hydrogens (tertiary/aromatic N) is 4. The van der Waals surface area contributed by atoms with E-state index in [-0.39, 0.29) is 5.91 Å². The van der Waals surface area contributed by atoms with Gasteiger partial charge in [0.05, 0.1) is 16.9 Å². The number of rotatable bonds is 4. The Morgan fingerprint density at radius 3 is 2.52 bits per heavy atom. The molecule has 5 rings (SSSR count). The van der Waals surface area contributed by atoms with Crippen LogP contribution in [0.2, 0.25) is 0 Å². The number of carbonyl (C=O) groups excluding carboxylic acids is 1. The quantitative estimate of drug-likeness (QED) is 0.504. The van der Waals surface area contributed by atoms with E-state index in [2.05, 4.69) is 15.3 Å². The Hall–Kier alpha value is -3.82. The van der Waals surface area contributed by atoms with Crippen LogP contribution in [-0.4, -0.2) is 48.7 Å². The molecule has 1 fully saturated rings. The van der Waals surface area contributed by atoms with Crippen molar-refractivity contribution in [1.29, 1.82) is 0 Å². The number of hydrogen-bond donors (Lipinski definition) is 1. The van der Waals surface area contributed by atoms with Gasteiger partial charge in [-0.3, -0.25) is 19.1 Å². The van der Waals surface area contributed by atoms with Gasteiger partial charge in [0.1, 0.15) is 0 Å². The maximum atomic E-state index is 12.8. The Morgan fingerprint density at radius 2 is 1.76 bits per heavy atom. The van der Waals surface area contributed by atoms with Gasteiger partial charge in [-0.05, 0) is 54.6 Å². The zero-order valence-corrected chi connectivity index (χ0v) is 18.7. The molecule has 166 valence electrons. The molecule has 1 saturated heterocycles. The van der Waals surface area contributed by atoms with Gasteiger partial charge in [-0.2, -0.15) is 12.7 Å². The molecule has 4 aromatic rings. The summed E-state index contributed by atoms with van der Waals surface area (Å²) in [6.07, 6.45) is 3.46. The van der Waals surface area contributed by atoms with E-state index in [1.54, 1.807) is 43.7 Å². The van der Waals surface area contributed by atoms with Crippen LogP contribution in [0.1, 0.15) is 10.4 Å². The number of amides is 1. The van der Waals surface area contributed by atoms with Crippen molar-refractivity contribution in [3.63, 3.8) is 0 Å². The second-order valence-electron chi connectivity index (χ2n) is 7.71. The molecular formula is C24H21N5O3S. The Kier molecular flexibility index (Phi) is 5.27. The molecule has 33 heavy (non-hydrogen) atoms. The first-order chi connectivity index (χ1) is 15.9. The average Bonchev–Trinajstić information content (AvgIpc) is 3.11. The van der Waals surface area contributed by atoms with Crippen molar-refractivity contribution in [2.45, 2.75) is 0 Å². The number of nitrogens with one attached hydrogen (secondary N) is 1. The molecule has 2 aromatic carbocycles. The predicted octanol–water partition coefficient (Wildman–Crippen LogP) is 3.55. The zero-order valence-electron chi connectivity index (χ0n) is 17.8. The van der Waals surface area contributed by atoms with Crippen LogP contribution in [0.3, 0.4) is 0 Å². The maximum Gasteiger partial charge on any atom is 0.303 e. The Morgan fingerprint density at radius 1 is 0.939 bits per heavy atom. The summed E-state index contributed by atoms with van der Waals surface area (Å²) in [5.74, 6) is -0.285. The lowest BCUT2D eigenvalue weighted by Crippen LogP contribution is -2.30. The van der Waals surface area contributed by atoms with Crippen molar-refractivity contribution >= 4 is 38.4 Å². The summed E-state index contributed by atoms with van der Waals surface area (Å²) in [7, 11) is -1.94. The molecule has 3 heterocycles. The van der Waals surface area contributed by atoms with Crippen LogP contribution >= 0.6 is 0 Å². The molecule has 0 atom stereocenters. The van der Waals surface area contributed by atoms with Gasteiger partial charge in [-0.1, -0.05) is 12.1 Å². The number of pyridine rings is 2. The number of aromatic nitrogens is 2. The number of hydrogen-bond acceptors (Lipinski definition) is 5. The lowest BCUT2D eigenvalue weighted by molar-refractivity contribution is 0.102. The van der Waals surface area contributed by atoms with Crippen molar-refractivity contribution in [2.24, 2.45) is 0 Å². The Bertz CT molecular complexity index is 1450. The minimum absolute atomic E-state index is 0.285. The molecule has 0 saturated carbocycles. The van der Waals surface area contributed by atoms with Crippen molar-refractivity contribution in [2.75, 3.05) is 29.8 Å². The van der Waals surface area contributed by atoms with Crippen LogP contribution < -0.4 is 9.62 Å². The number of fused-ring (bicyclic) bond motifs is 1. The molecule has 0 bridgehead atoms. The smallest absolute Gasteiger partial charge is 0.303 e. The minimum atomic E-state index is -3.49. The number of anilines is 2. The van der Waals surface area contributed by atoms with Crippen LogP contribution in [0, 0.1) is 0 Å². The molecule has 1 N–H and O–H groups in total. The third-order valence-corrected chi connectivity index (χ3v) is 7.55. The van der Waals surface area contributed by atoms with Crippen LogP contribution in [-0.2, 0) is 10.2 Å². The van der Waals surface area contributed by atoms with E-state index in [4.69, 9.17) is 0 Å². The van der Waals surface area contributed by atoms with Crippen molar-refractivity contribution in [1.82, 2.24) is 14.3 Å². The van der Waals surface area contributed by atoms with E-state index < -0.39 is 10.2 Å². The van der Waals surface area contributed by atoms with Crippen molar-refractivity contribution in [3.05, 3.63) is 84.7 Å². The molecule has 0 aliphatic carbocycles. The molecule has 0 unspecified atom stereocenters. The van der Waals surface area contributed by atoms with Crippen LogP contribution in [0.4, 0.5) is 11.4 Å². The predicted molar refractivity (Wildman–Crippen MR) is 128 cm³/mol. The second-order valence-corrected chi connectivity index (χ2v) is 9.67. The highest BCUT2D eigenvalue weighted by Crippen LogP contribution is 2.28. The van der Waals surface area contributed by atoms with Crippen LogP contribution in [0.5, 0.6) is 0 Å². The minimum Gasteiger partial charge on any atom is -0.322 e. The third kappa shape index (κ3) is 3.92. The highest BCUT2D eigenvalue weighted by Gasteiger charge is 2.33. The zero-order chi connectivity index (χ0) is 23.0. The van der Waals surface area contributed by atoms with Gasteiger partial charge in [0.15, 0.2) is 0 Å². The number of likely N-dealkylation sites (N-methyl/N-ethyl adjacent to an activating group) is 1. The maximum absolute atomic E-state index is 12.8. The lowest BCUT2D eigenvalue weighted by atomic mass is 10.1. The molecule has 0 spiro atoms. The molecule has 8 nitrogen and oxygen atoms in total. The van der Waals surface area contributed by atoms with Gasteiger partial charge >= 0.3 is 10.2 Å². The summed E-state index contributed by atoms with van der Waals surface area (Å²) in [6, 6.07) is 19.7. The molecular weight excluding hydrogens is 438 g/mol. The SMILES string of the molecule is CN1CCN(c2ccc(C(=O)Nc3cccc(-c4nccc5ncccc45)c3)cc2)S1(=O)=O. The molecule has 9 heteroatoms. The second kappa shape index (κ2) is 8.27. The van der Waals surface area contributed by atoms with Gasteiger partial charge in [-0.15, -0.1) is 0 Å². The lowest BCUT2D eigenvalue weighted by Gasteiger charge is -2.18. The fourth-order valence-electron chi connectivity index (χ4n) is 3.85. The highest BCUT2D eigenvalue weighted by molar-refractivity contribution is 7.90. The molecule has 2 aromatic heterocycles. The Balaban J connectivity index is 1.37. The molecule has 1 aliphatic heterocycles. The first-order valence-electron chi connectivity index (χ1n) is 10.4. The van der Waals surface area contributed by atoms with Gasteiger partial charge in [-0.25, -0.2) is 0 Å². The standard InChI is InChI=1S/C24H21N5O3S/c1-28-14-15-29(33(28,31)32)20-9-7-17(8-10-20)24(30)27-19-5-2-4-18(16-19)23-21-6-3-12-25-22(21)11-13-26-23/h2-13,16H,14-15H2,1H3,(H,27,30). The summed E-state index contributed by atoms with van der Waals surface area (Å²) in [6.45, 7) is 0.817. The molecule has 1 aliphatic rings. The summed E-state index contributed by atoms with van der Waals surface area (Å²) in [4.78, 5) is 21.7. The first-order valence-corrected chi connectivity index (χ1v) is 11.8. The summed E-state index contributed by atoms with van der Waals surface area (Å²) < 4.78 is 27.3. The highest BCUT2D eigenvalue weighted by atomic mass is 32.2. The van der Waals surface area contributed by atoms with Gasteiger partial charge in [0, 0.05) is 54.7 Å². The van der Waals surface area contributed by atoms with E-state index in [0.717, 1.165) is 22.2 Å². The fourth-order valence-corrected chi connectivity index (χ4v) is 5.20. The average molecular weight is 460 g/mol. The summed E-state index contributed by atoms with van der Waals surface area (Å²) in [5.41, 5.74) is 4.11. The monoisotopic (exact) mass is 459 g/mol. The van der Waals surface area contributed by atoms with Crippen LogP contribution in [0.25, 0.3) is 22.2 Å². The van der Waals surface area contributed by atoms with Crippen molar-refractivity contribution in [3.8, 4) is 11.3 Å². The number of carbonyl (C=O) groups is 1. The fraction of sp³-hybridized carbons (Fsp3) is 0.125. The molecule has 0 radical (unpaired) electrons. The van der Waals surface area contributed by atoms with E-state index in [1.807, 2.05) is 42.5 Å². The largest absolute Gasteiger partial charge is 0.322 e. The third-order valence-electron chi connectivity index (χ3n) is 5.63. The van der Waals surface area contributed by atoms with Gasteiger partial charge in [0.2, 0.25) is 0 Å². The van der Waals surface area contributed by atoms with Crippen molar-refractivity contribution < 1.29 is 13.2 Å². The van der Waals surface area contributed by atoms with E-state index in [1.165, 1.54) is 8.61 Å². The van der Waals surface area contributed by atoms with E-state index >= 15 is 0 Å². The van der Waals surface area contributed by atoms with Gasteiger partial charge < -0.3 is 5.32 Å². The van der Waals surface area contributed by atoms with E-state index in [0.29, 0.717) is 30.0 Å². The number of benzene rings is 2. The first kappa shape index (κ1) is 21.0. The van der Waals surface area contributed by atoms with Gasteiger partial charge in [0.25, 0.3) is 5.91 Å². The van der Waals surface area contributed by atoms with E-state index in [9.17, 15) is 13.2 Å². The van der Waals surface area contributed by atoms with Crippen LogP contribution in [0.15, 0.2) is 79.1 Å². The summed E-state index contributed by atoms with van der Waals surface area (Å²) in [5, 5.41) is 3.84. The normalized spacial score (nSPS) is 15.6. The summed E-state index contributed by atoms with van der Waals surface area (Å²) >= 11 is 0.